The highest BCUT2D eigenvalue weighted by Gasteiger charge is 2.02. The number of amides is 1. The molecule has 4 heteroatoms. The number of hydrogen-bond acceptors (Lipinski definition) is 2. The molecule has 3 nitrogen and oxygen atoms in total. The van der Waals surface area contributed by atoms with Gasteiger partial charge >= 0.3 is 0 Å². The number of carbonyl (C=O) groups is 1. The van der Waals surface area contributed by atoms with Crippen LogP contribution in [0.2, 0.25) is 5.02 Å². The van der Waals surface area contributed by atoms with E-state index in [0.717, 1.165) is 0 Å². The van der Waals surface area contributed by atoms with Crippen LogP contribution in [-0.4, -0.2) is 13.0 Å². The number of halogens is 1. The average Bonchev–Trinajstić information content (AvgIpc) is 2.05. The first kappa shape index (κ1) is 9.03. The lowest BCUT2D eigenvalue weighted by molar-refractivity contribution is 0.0938. The first-order valence-corrected chi connectivity index (χ1v) is 3.84. The van der Waals surface area contributed by atoms with Gasteiger partial charge in [-0.05, 0) is 18.2 Å². The lowest BCUT2D eigenvalue weighted by atomic mass is 10.2. The number of nitrogens with one attached hydrogen (secondary N) is 2. The van der Waals surface area contributed by atoms with Gasteiger partial charge in [-0.15, -0.1) is 0 Å². The summed E-state index contributed by atoms with van der Waals surface area (Å²) in [6, 6.07) is 6.75. The van der Waals surface area contributed by atoms with Gasteiger partial charge in [-0.1, -0.05) is 17.7 Å². The second kappa shape index (κ2) is 4.09. The van der Waals surface area contributed by atoms with Crippen molar-refractivity contribution >= 4 is 17.5 Å². The molecule has 0 spiro atoms. The topological polar surface area (TPSA) is 41.1 Å². The molecule has 64 valence electrons. The van der Waals surface area contributed by atoms with Crippen molar-refractivity contribution in [3.8, 4) is 0 Å². The van der Waals surface area contributed by atoms with Gasteiger partial charge in [-0.25, -0.2) is 5.43 Å². The van der Waals surface area contributed by atoms with Gasteiger partial charge in [0.1, 0.15) is 0 Å². The molecule has 12 heavy (non-hydrogen) atoms. The Labute approximate surface area is 75.7 Å². The summed E-state index contributed by atoms with van der Waals surface area (Å²) in [6.07, 6.45) is 0. The third-order valence-corrected chi connectivity index (χ3v) is 1.56. The summed E-state index contributed by atoms with van der Waals surface area (Å²) in [6.45, 7) is 0. The fourth-order valence-electron chi connectivity index (χ4n) is 0.815. The van der Waals surface area contributed by atoms with Gasteiger partial charge in [0.2, 0.25) is 0 Å². The van der Waals surface area contributed by atoms with Crippen LogP contribution in [0.25, 0.3) is 0 Å². The van der Waals surface area contributed by atoms with Crippen molar-refractivity contribution in [3.05, 3.63) is 34.9 Å². The van der Waals surface area contributed by atoms with Gasteiger partial charge in [0.05, 0.1) is 0 Å². The van der Waals surface area contributed by atoms with Crippen LogP contribution in [0.3, 0.4) is 0 Å². The van der Waals surface area contributed by atoms with Crippen molar-refractivity contribution in [1.82, 2.24) is 10.9 Å². The molecule has 0 saturated heterocycles. The Morgan fingerprint density at radius 3 is 2.83 bits per heavy atom. The van der Waals surface area contributed by atoms with E-state index in [1.807, 2.05) is 0 Å². The molecule has 0 unspecified atom stereocenters. The standard InChI is InChI=1S/C8H9ClN2O/c1-10-11-8(12)6-3-2-4-7(9)5-6/h2-5,10H,1H3,(H,11,12). The number of hydrogen-bond donors (Lipinski definition) is 2. The lowest BCUT2D eigenvalue weighted by Gasteiger charge is -2.02. The van der Waals surface area contributed by atoms with Crippen molar-refractivity contribution < 1.29 is 4.79 Å². The molecule has 0 aromatic heterocycles. The van der Waals surface area contributed by atoms with Gasteiger partial charge in [0.15, 0.2) is 0 Å². The molecule has 0 heterocycles. The van der Waals surface area contributed by atoms with Gasteiger partial charge < -0.3 is 0 Å². The molecule has 0 aliphatic carbocycles. The van der Waals surface area contributed by atoms with Crippen molar-refractivity contribution in [3.63, 3.8) is 0 Å². The number of carbonyl (C=O) groups excluding carboxylic acids is 1. The van der Waals surface area contributed by atoms with Crippen molar-refractivity contribution in [2.24, 2.45) is 0 Å². The molecule has 0 aliphatic rings. The Kier molecular flexibility index (Phi) is 3.08. The number of hydrazine groups is 1. The van der Waals surface area contributed by atoms with Crippen LogP contribution in [0.4, 0.5) is 0 Å². The van der Waals surface area contributed by atoms with Gasteiger partial charge in [0.25, 0.3) is 5.91 Å². The summed E-state index contributed by atoms with van der Waals surface area (Å²) in [4.78, 5) is 11.2. The Bertz CT molecular complexity index is 288. The van der Waals surface area contributed by atoms with Crippen molar-refractivity contribution in [1.29, 1.82) is 0 Å². The van der Waals surface area contributed by atoms with Gasteiger partial charge in [-0.2, -0.15) is 0 Å². The van der Waals surface area contributed by atoms with Crippen molar-refractivity contribution in [2.75, 3.05) is 7.05 Å². The lowest BCUT2D eigenvalue weighted by Crippen LogP contribution is -2.34. The summed E-state index contributed by atoms with van der Waals surface area (Å²) < 4.78 is 0. The minimum Gasteiger partial charge on any atom is -0.288 e. The highest BCUT2D eigenvalue weighted by Crippen LogP contribution is 2.09. The molecule has 0 atom stereocenters. The molecule has 2 N–H and O–H groups in total. The van der Waals surface area contributed by atoms with E-state index in [1.54, 1.807) is 31.3 Å². The Balaban J connectivity index is 2.81. The molecule has 0 radical (unpaired) electrons. The van der Waals surface area contributed by atoms with Crippen LogP contribution in [0.15, 0.2) is 24.3 Å². The van der Waals surface area contributed by atoms with Gasteiger partial charge in [0, 0.05) is 17.6 Å². The van der Waals surface area contributed by atoms with E-state index in [0.29, 0.717) is 10.6 Å². The third kappa shape index (κ3) is 2.22. The minimum absolute atomic E-state index is 0.194. The van der Waals surface area contributed by atoms with Gasteiger partial charge in [-0.3, -0.25) is 10.2 Å². The maximum Gasteiger partial charge on any atom is 0.265 e. The average molecular weight is 185 g/mol. The summed E-state index contributed by atoms with van der Waals surface area (Å²) in [5.41, 5.74) is 5.52. The third-order valence-electron chi connectivity index (χ3n) is 1.33. The van der Waals surface area contributed by atoms with Crippen LogP contribution < -0.4 is 10.9 Å². The predicted molar refractivity (Wildman–Crippen MR) is 48.0 cm³/mol. The zero-order valence-corrected chi connectivity index (χ0v) is 7.35. The minimum atomic E-state index is -0.194. The van der Waals surface area contributed by atoms with E-state index >= 15 is 0 Å². The molecule has 1 amide bonds. The summed E-state index contributed by atoms with van der Waals surface area (Å²) in [7, 11) is 1.63. The molecule has 0 fully saturated rings. The zero-order valence-electron chi connectivity index (χ0n) is 6.60. The van der Waals surface area contributed by atoms with E-state index in [-0.39, 0.29) is 5.91 Å². The van der Waals surface area contributed by atoms with E-state index in [2.05, 4.69) is 10.9 Å². The summed E-state index contributed by atoms with van der Waals surface area (Å²) in [5, 5.41) is 0.554. The largest absolute Gasteiger partial charge is 0.288 e. The fraction of sp³-hybridized carbons (Fsp3) is 0.125. The van der Waals surface area contributed by atoms with E-state index in [9.17, 15) is 4.79 Å². The summed E-state index contributed by atoms with van der Waals surface area (Å²) in [5.74, 6) is -0.194. The van der Waals surface area contributed by atoms with Crippen LogP contribution >= 0.6 is 11.6 Å². The predicted octanol–water partition coefficient (Wildman–Crippen LogP) is 1.20. The van der Waals surface area contributed by atoms with E-state index < -0.39 is 0 Å². The molecule has 0 bridgehead atoms. The highest BCUT2D eigenvalue weighted by atomic mass is 35.5. The Morgan fingerprint density at radius 2 is 2.25 bits per heavy atom. The maximum absolute atomic E-state index is 11.2. The van der Waals surface area contributed by atoms with Crippen LogP contribution in [0.1, 0.15) is 10.4 Å². The summed E-state index contributed by atoms with van der Waals surface area (Å²) >= 11 is 5.69. The van der Waals surface area contributed by atoms with Crippen LogP contribution in [0, 0.1) is 0 Å². The normalized spacial score (nSPS) is 9.50. The Morgan fingerprint density at radius 1 is 1.50 bits per heavy atom. The second-order valence-electron chi connectivity index (χ2n) is 2.21. The Hall–Kier alpha value is -1.06. The SMILES string of the molecule is CNNC(=O)c1cccc(Cl)c1. The molecule has 1 aromatic carbocycles. The monoisotopic (exact) mass is 184 g/mol. The number of benzene rings is 1. The maximum atomic E-state index is 11.2. The fourth-order valence-corrected chi connectivity index (χ4v) is 1.01. The number of rotatable bonds is 2. The molecule has 1 aromatic rings. The van der Waals surface area contributed by atoms with Crippen molar-refractivity contribution in [2.45, 2.75) is 0 Å². The zero-order chi connectivity index (χ0) is 8.97. The second-order valence-corrected chi connectivity index (χ2v) is 2.65. The molecular formula is C8H9ClN2O. The molecule has 0 aliphatic heterocycles. The van der Waals surface area contributed by atoms with E-state index in [1.165, 1.54) is 0 Å². The molecule has 0 saturated carbocycles. The molecule has 1 rings (SSSR count). The highest BCUT2D eigenvalue weighted by molar-refractivity contribution is 6.30. The molecular weight excluding hydrogens is 176 g/mol. The van der Waals surface area contributed by atoms with Crippen LogP contribution in [-0.2, 0) is 0 Å². The van der Waals surface area contributed by atoms with E-state index in [4.69, 9.17) is 11.6 Å². The smallest absolute Gasteiger partial charge is 0.265 e. The van der Waals surface area contributed by atoms with Crippen LogP contribution in [0.5, 0.6) is 0 Å². The first-order chi connectivity index (χ1) is 5.74. The quantitative estimate of drug-likeness (QED) is 0.679. The first-order valence-electron chi connectivity index (χ1n) is 3.46.